The molecule has 11 heteroatoms. The third-order valence-electron chi connectivity index (χ3n) is 3.85. The summed E-state index contributed by atoms with van der Waals surface area (Å²) in [5, 5.41) is 21.4. The highest BCUT2D eigenvalue weighted by atomic mass is 79.9. The lowest BCUT2D eigenvalue weighted by atomic mass is 10.2. The molecule has 29 heavy (non-hydrogen) atoms. The molecule has 2 aromatic carbocycles. The van der Waals surface area contributed by atoms with Gasteiger partial charge in [0.1, 0.15) is 11.6 Å². The van der Waals surface area contributed by atoms with Gasteiger partial charge < -0.3 is 15.4 Å². The fourth-order valence-electron chi connectivity index (χ4n) is 2.50. The Kier molecular flexibility index (Phi) is 6.39. The van der Waals surface area contributed by atoms with Crippen LogP contribution in [0.5, 0.6) is 5.75 Å². The predicted octanol–water partition coefficient (Wildman–Crippen LogP) is 4.56. The Morgan fingerprint density at radius 2 is 2.03 bits per heavy atom. The lowest BCUT2D eigenvalue weighted by molar-refractivity contribution is -0.384. The van der Waals surface area contributed by atoms with Gasteiger partial charge in [0.05, 0.1) is 34.8 Å². The predicted molar refractivity (Wildman–Crippen MR) is 115 cm³/mol. The fourth-order valence-corrected chi connectivity index (χ4v) is 3.12. The first-order valence-corrected chi connectivity index (χ1v) is 9.43. The zero-order valence-corrected chi connectivity index (χ0v) is 17.5. The molecule has 2 N–H and O–H groups in total. The molecule has 1 heterocycles. The molecular formula is C18H15BrFN5O3S. The second kappa shape index (κ2) is 8.97. The minimum Gasteiger partial charge on any atom is -0.494 e. The molecular weight excluding hydrogens is 465 g/mol. The molecule has 8 nitrogen and oxygen atoms in total. The first-order chi connectivity index (χ1) is 13.9. The van der Waals surface area contributed by atoms with E-state index in [-0.39, 0.29) is 22.4 Å². The molecule has 0 unspecified atom stereocenters. The number of rotatable bonds is 6. The number of nitrogens with one attached hydrogen (secondary N) is 2. The molecule has 0 saturated heterocycles. The van der Waals surface area contributed by atoms with Crippen LogP contribution in [0.4, 0.5) is 21.6 Å². The van der Waals surface area contributed by atoms with Crippen LogP contribution in [-0.2, 0) is 6.54 Å². The summed E-state index contributed by atoms with van der Waals surface area (Å²) in [5.41, 5.74) is 1.27. The van der Waals surface area contributed by atoms with E-state index in [4.69, 9.17) is 17.0 Å². The zero-order valence-electron chi connectivity index (χ0n) is 15.1. The molecule has 0 bridgehead atoms. The SMILES string of the molecule is COc1cc([N+](=O)[O-])ccc1NC(=S)Nc1nn(Cc2ccc(F)cc2)cc1Br. The number of ether oxygens (including phenoxy) is 1. The largest absolute Gasteiger partial charge is 0.494 e. The van der Waals surface area contributed by atoms with Crippen LogP contribution < -0.4 is 15.4 Å². The maximum Gasteiger partial charge on any atom is 0.273 e. The third-order valence-corrected chi connectivity index (χ3v) is 4.64. The molecule has 0 atom stereocenters. The van der Waals surface area contributed by atoms with E-state index >= 15 is 0 Å². The molecule has 0 saturated carbocycles. The van der Waals surface area contributed by atoms with Gasteiger partial charge in [0.2, 0.25) is 0 Å². The molecule has 0 aliphatic carbocycles. The molecule has 0 radical (unpaired) electrons. The van der Waals surface area contributed by atoms with E-state index in [0.717, 1.165) is 5.56 Å². The number of nitro groups is 1. The molecule has 0 amide bonds. The minimum absolute atomic E-state index is 0.0893. The smallest absolute Gasteiger partial charge is 0.273 e. The molecule has 1 aromatic heterocycles. The van der Waals surface area contributed by atoms with E-state index in [2.05, 4.69) is 31.7 Å². The van der Waals surface area contributed by atoms with Crippen LogP contribution in [0.1, 0.15) is 5.56 Å². The topological polar surface area (TPSA) is 94.2 Å². The van der Waals surface area contributed by atoms with Crippen molar-refractivity contribution in [2.24, 2.45) is 0 Å². The van der Waals surface area contributed by atoms with Crippen molar-refractivity contribution < 1.29 is 14.1 Å². The van der Waals surface area contributed by atoms with Crippen molar-refractivity contribution >= 4 is 50.5 Å². The van der Waals surface area contributed by atoms with E-state index in [1.165, 1.54) is 37.4 Å². The van der Waals surface area contributed by atoms with Gasteiger partial charge in [-0.2, -0.15) is 5.10 Å². The van der Waals surface area contributed by atoms with Crippen LogP contribution in [-0.4, -0.2) is 26.9 Å². The second-order valence-corrected chi connectivity index (χ2v) is 7.13. The number of non-ortho nitro benzene ring substituents is 1. The highest BCUT2D eigenvalue weighted by Crippen LogP contribution is 2.29. The lowest BCUT2D eigenvalue weighted by Gasteiger charge is -2.12. The molecule has 150 valence electrons. The average molecular weight is 480 g/mol. The number of methoxy groups -OCH3 is 1. The fraction of sp³-hybridized carbons (Fsp3) is 0.111. The van der Waals surface area contributed by atoms with Crippen molar-refractivity contribution in [3.8, 4) is 5.75 Å². The quantitative estimate of drug-likeness (QED) is 0.304. The lowest BCUT2D eigenvalue weighted by Crippen LogP contribution is -2.20. The van der Waals surface area contributed by atoms with E-state index < -0.39 is 4.92 Å². The highest BCUT2D eigenvalue weighted by molar-refractivity contribution is 9.10. The van der Waals surface area contributed by atoms with Crippen molar-refractivity contribution in [1.82, 2.24) is 9.78 Å². The molecule has 3 rings (SSSR count). The zero-order chi connectivity index (χ0) is 21.0. The van der Waals surface area contributed by atoms with Crippen LogP contribution in [0.3, 0.4) is 0 Å². The summed E-state index contributed by atoms with van der Waals surface area (Å²) in [4.78, 5) is 10.4. The Hall–Kier alpha value is -3.05. The number of thiocarbonyl (C=S) groups is 1. The standard InChI is InChI=1S/C18H15BrFN5O3S/c1-28-16-8-13(25(26)27)6-7-15(16)21-18(29)22-17-14(19)10-24(23-17)9-11-2-4-12(20)5-3-11/h2-8,10H,9H2,1H3,(H2,21,22,23,29). The van der Waals surface area contributed by atoms with Crippen molar-refractivity contribution in [3.05, 3.63) is 74.6 Å². The normalized spacial score (nSPS) is 10.4. The number of halogens is 2. The van der Waals surface area contributed by atoms with E-state index in [1.54, 1.807) is 23.0 Å². The van der Waals surface area contributed by atoms with Gasteiger partial charge in [-0.05, 0) is 51.9 Å². The maximum atomic E-state index is 13.0. The van der Waals surface area contributed by atoms with Gasteiger partial charge in [0.15, 0.2) is 10.9 Å². The third kappa shape index (κ3) is 5.27. The summed E-state index contributed by atoms with van der Waals surface area (Å²) in [6.07, 6.45) is 1.76. The molecule has 0 aliphatic heterocycles. The summed E-state index contributed by atoms with van der Waals surface area (Å²) < 4.78 is 20.6. The van der Waals surface area contributed by atoms with Gasteiger partial charge in [-0.1, -0.05) is 12.1 Å². The van der Waals surface area contributed by atoms with Gasteiger partial charge in [-0.15, -0.1) is 0 Å². The van der Waals surface area contributed by atoms with Gasteiger partial charge in [-0.3, -0.25) is 14.8 Å². The molecule has 0 spiro atoms. The van der Waals surface area contributed by atoms with Gasteiger partial charge in [-0.25, -0.2) is 4.39 Å². The summed E-state index contributed by atoms with van der Waals surface area (Å²) in [6.45, 7) is 0.455. The number of anilines is 2. The molecule has 0 aliphatic rings. The Morgan fingerprint density at radius 3 is 2.69 bits per heavy atom. The summed E-state index contributed by atoms with van der Waals surface area (Å²) in [6, 6.07) is 10.3. The summed E-state index contributed by atoms with van der Waals surface area (Å²) >= 11 is 8.72. The number of hydrogen-bond acceptors (Lipinski definition) is 5. The number of hydrogen-bond donors (Lipinski definition) is 2. The first-order valence-electron chi connectivity index (χ1n) is 8.23. The second-order valence-electron chi connectivity index (χ2n) is 5.87. The van der Waals surface area contributed by atoms with Crippen molar-refractivity contribution in [1.29, 1.82) is 0 Å². The van der Waals surface area contributed by atoms with Crippen molar-refractivity contribution in [2.75, 3.05) is 17.7 Å². The molecule has 0 fully saturated rings. The first kappa shape index (κ1) is 20.7. The van der Waals surface area contributed by atoms with Gasteiger partial charge in [0.25, 0.3) is 5.69 Å². The maximum absolute atomic E-state index is 13.0. The Labute approximate surface area is 179 Å². The van der Waals surface area contributed by atoms with Crippen LogP contribution in [0.25, 0.3) is 0 Å². The van der Waals surface area contributed by atoms with E-state index in [9.17, 15) is 14.5 Å². The van der Waals surface area contributed by atoms with E-state index in [0.29, 0.717) is 22.5 Å². The summed E-state index contributed by atoms with van der Waals surface area (Å²) in [5.74, 6) is 0.464. The van der Waals surface area contributed by atoms with Gasteiger partial charge in [0, 0.05) is 12.3 Å². The van der Waals surface area contributed by atoms with Crippen LogP contribution >= 0.6 is 28.1 Å². The van der Waals surface area contributed by atoms with E-state index in [1.807, 2.05) is 0 Å². The minimum atomic E-state index is -0.506. The monoisotopic (exact) mass is 479 g/mol. The Morgan fingerprint density at radius 1 is 1.31 bits per heavy atom. The van der Waals surface area contributed by atoms with Crippen molar-refractivity contribution in [3.63, 3.8) is 0 Å². The highest BCUT2D eigenvalue weighted by Gasteiger charge is 2.14. The molecule has 3 aromatic rings. The van der Waals surface area contributed by atoms with Crippen LogP contribution in [0.15, 0.2) is 53.1 Å². The Balaban J connectivity index is 1.69. The Bertz CT molecular complexity index is 1060. The number of nitrogens with zero attached hydrogens (tertiary/aromatic N) is 3. The van der Waals surface area contributed by atoms with Crippen LogP contribution in [0, 0.1) is 15.9 Å². The summed E-state index contributed by atoms with van der Waals surface area (Å²) in [7, 11) is 1.41. The number of nitro benzene ring substituents is 1. The number of benzene rings is 2. The van der Waals surface area contributed by atoms with Crippen LogP contribution in [0.2, 0.25) is 0 Å². The number of aromatic nitrogens is 2. The van der Waals surface area contributed by atoms with Crippen molar-refractivity contribution in [2.45, 2.75) is 6.54 Å². The average Bonchev–Trinajstić information content (AvgIpc) is 3.02. The van der Waals surface area contributed by atoms with Gasteiger partial charge >= 0.3 is 0 Å².